The van der Waals surface area contributed by atoms with Crippen molar-refractivity contribution in [2.45, 2.75) is 19.9 Å². The van der Waals surface area contributed by atoms with Gasteiger partial charge in [0.05, 0.1) is 6.54 Å². The van der Waals surface area contributed by atoms with Crippen LogP contribution in [0.25, 0.3) is 6.08 Å². The Morgan fingerprint density at radius 2 is 1.88 bits per heavy atom. The zero-order valence-corrected chi connectivity index (χ0v) is 14.8. The van der Waals surface area contributed by atoms with Crippen molar-refractivity contribution in [2.75, 3.05) is 20.1 Å². The predicted octanol–water partition coefficient (Wildman–Crippen LogP) is 0.560. The average molecular weight is 353 g/mol. The lowest BCUT2D eigenvalue weighted by atomic mass is 10.2. The van der Waals surface area contributed by atoms with Crippen LogP contribution < -0.4 is 10.6 Å². The number of rotatable bonds is 8. The van der Waals surface area contributed by atoms with Crippen LogP contribution in [0.1, 0.15) is 19.4 Å². The maximum absolute atomic E-state index is 12.1. The van der Waals surface area contributed by atoms with Crippen LogP contribution in [0.5, 0.6) is 0 Å². The van der Waals surface area contributed by atoms with Crippen molar-refractivity contribution in [1.82, 2.24) is 14.9 Å². The Bertz CT molecular complexity index is 687. The fourth-order valence-corrected chi connectivity index (χ4v) is 2.64. The second kappa shape index (κ2) is 9.19. The number of nitrogens with zero attached hydrogens (tertiary/aromatic N) is 1. The van der Waals surface area contributed by atoms with E-state index < -0.39 is 22.0 Å². The number of carbonyl (C=O) groups is 2. The zero-order valence-electron chi connectivity index (χ0n) is 14.0. The second-order valence-electron chi connectivity index (χ2n) is 5.20. The third-order valence-corrected chi connectivity index (χ3v) is 4.63. The number of nitrogens with one attached hydrogen (secondary N) is 2. The smallest absolute Gasteiger partial charge is 0.242 e. The molecule has 7 nitrogen and oxygen atoms in total. The monoisotopic (exact) mass is 353 g/mol. The molecule has 0 aliphatic rings. The van der Waals surface area contributed by atoms with Crippen LogP contribution in [0.15, 0.2) is 35.7 Å². The highest BCUT2D eigenvalue weighted by Crippen LogP contribution is 2.06. The molecule has 0 spiro atoms. The van der Waals surface area contributed by atoms with Crippen LogP contribution in [0.4, 0.5) is 0 Å². The summed E-state index contributed by atoms with van der Waals surface area (Å²) in [6.07, 6.45) is 1.46. The second-order valence-corrected chi connectivity index (χ2v) is 7.12. The molecule has 0 unspecified atom stereocenters. The molecule has 0 aliphatic heterocycles. The van der Waals surface area contributed by atoms with Crippen molar-refractivity contribution < 1.29 is 18.0 Å². The molecule has 0 aliphatic carbocycles. The number of carbonyl (C=O) groups excluding carboxylic acids is 2. The third kappa shape index (κ3) is 6.51. The summed E-state index contributed by atoms with van der Waals surface area (Å²) in [6.45, 7) is 3.39. The Kier molecular flexibility index (Phi) is 7.60. The van der Waals surface area contributed by atoms with Gasteiger partial charge < -0.3 is 10.6 Å². The quantitative estimate of drug-likeness (QED) is 0.714. The molecule has 0 aromatic heterocycles. The molecule has 1 atom stereocenters. The molecule has 1 aromatic rings. The first-order valence-electron chi connectivity index (χ1n) is 7.52. The summed E-state index contributed by atoms with van der Waals surface area (Å²) in [4.78, 5) is 23.4. The topological polar surface area (TPSA) is 95.6 Å². The van der Waals surface area contributed by atoms with Gasteiger partial charge in [-0.3, -0.25) is 9.59 Å². The van der Waals surface area contributed by atoms with Crippen molar-refractivity contribution in [2.24, 2.45) is 0 Å². The van der Waals surface area contributed by atoms with E-state index in [1.165, 1.54) is 20.0 Å². The summed E-state index contributed by atoms with van der Waals surface area (Å²) in [5, 5.41) is 6.08. The summed E-state index contributed by atoms with van der Waals surface area (Å²) in [5.74, 6) is -0.867. The maximum Gasteiger partial charge on any atom is 0.242 e. The van der Waals surface area contributed by atoms with Gasteiger partial charge in [0.25, 0.3) is 0 Å². The first-order chi connectivity index (χ1) is 11.3. The molecule has 0 saturated heterocycles. The van der Waals surface area contributed by atoms with E-state index in [4.69, 9.17) is 0 Å². The van der Waals surface area contributed by atoms with Crippen molar-refractivity contribution in [3.8, 4) is 0 Å². The van der Waals surface area contributed by atoms with Gasteiger partial charge in [-0.25, -0.2) is 8.42 Å². The number of benzene rings is 1. The van der Waals surface area contributed by atoms with Gasteiger partial charge in [-0.05, 0) is 25.5 Å². The van der Waals surface area contributed by atoms with Crippen LogP contribution in [0.2, 0.25) is 0 Å². The molecule has 2 amide bonds. The minimum atomic E-state index is -3.73. The van der Waals surface area contributed by atoms with Gasteiger partial charge in [-0.2, -0.15) is 4.31 Å². The lowest BCUT2D eigenvalue weighted by Gasteiger charge is -2.17. The number of amides is 2. The molecule has 1 aromatic carbocycles. The lowest BCUT2D eigenvalue weighted by Crippen LogP contribution is -2.48. The number of hydrogen-bond donors (Lipinski definition) is 2. The Balaban J connectivity index is 2.62. The van der Waals surface area contributed by atoms with Crippen molar-refractivity contribution >= 4 is 27.9 Å². The molecular formula is C16H23N3O4S. The van der Waals surface area contributed by atoms with Crippen LogP contribution in [-0.4, -0.2) is 50.7 Å². The zero-order chi connectivity index (χ0) is 18.2. The highest BCUT2D eigenvalue weighted by molar-refractivity contribution is 7.92. The summed E-state index contributed by atoms with van der Waals surface area (Å²) >= 11 is 0. The largest absolute Gasteiger partial charge is 0.355 e. The number of sulfonamides is 1. The molecule has 132 valence electrons. The third-order valence-electron chi connectivity index (χ3n) is 3.15. The Morgan fingerprint density at radius 3 is 2.46 bits per heavy atom. The van der Waals surface area contributed by atoms with Gasteiger partial charge in [0, 0.05) is 19.0 Å². The van der Waals surface area contributed by atoms with Gasteiger partial charge in [0.15, 0.2) is 0 Å². The Morgan fingerprint density at radius 1 is 1.25 bits per heavy atom. The Hall–Kier alpha value is -2.19. The molecule has 0 fully saturated rings. The predicted molar refractivity (Wildman–Crippen MR) is 93.3 cm³/mol. The average Bonchev–Trinajstić information content (AvgIpc) is 2.54. The van der Waals surface area contributed by atoms with E-state index >= 15 is 0 Å². The van der Waals surface area contributed by atoms with Crippen LogP contribution in [0, 0.1) is 0 Å². The minimum absolute atomic E-state index is 0.319. The molecule has 8 heteroatoms. The van der Waals surface area contributed by atoms with Gasteiger partial charge in [-0.15, -0.1) is 0 Å². The van der Waals surface area contributed by atoms with Gasteiger partial charge in [0.1, 0.15) is 6.04 Å². The van der Waals surface area contributed by atoms with E-state index in [2.05, 4.69) is 10.6 Å². The summed E-state index contributed by atoms with van der Waals surface area (Å²) in [5.41, 5.74) is 0.740. The van der Waals surface area contributed by atoms with E-state index in [0.29, 0.717) is 6.54 Å². The Labute approximate surface area is 142 Å². The first kappa shape index (κ1) is 19.9. The minimum Gasteiger partial charge on any atom is -0.355 e. The maximum atomic E-state index is 12.1. The molecular weight excluding hydrogens is 330 g/mol. The van der Waals surface area contributed by atoms with E-state index in [1.54, 1.807) is 31.2 Å². The number of hydrogen-bond acceptors (Lipinski definition) is 4. The van der Waals surface area contributed by atoms with Crippen LogP contribution >= 0.6 is 0 Å². The van der Waals surface area contributed by atoms with Crippen LogP contribution in [0.3, 0.4) is 0 Å². The fourth-order valence-electron chi connectivity index (χ4n) is 1.80. The van der Waals surface area contributed by atoms with Crippen LogP contribution in [-0.2, 0) is 19.6 Å². The van der Waals surface area contributed by atoms with Gasteiger partial charge >= 0.3 is 0 Å². The molecule has 0 radical (unpaired) electrons. The summed E-state index contributed by atoms with van der Waals surface area (Å²) in [6, 6.07) is 8.24. The van der Waals surface area contributed by atoms with Gasteiger partial charge in [-0.1, -0.05) is 30.3 Å². The van der Waals surface area contributed by atoms with Gasteiger partial charge in [0.2, 0.25) is 21.8 Å². The molecule has 0 bridgehead atoms. The highest BCUT2D eigenvalue weighted by atomic mass is 32.2. The van der Waals surface area contributed by atoms with E-state index in [-0.39, 0.29) is 12.5 Å². The van der Waals surface area contributed by atoms with E-state index in [9.17, 15) is 18.0 Å². The lowest BCUT2D eigenvalue weighted by molar-refractivity contribution is -0.128. The summed E-state index contributed by atoms with van der Waals surface area (Å²) in [7, 11) is -2.42. The van der Waals surface area contributed by atoms with Crippen molar-refractivity contribution in [1.29, 1.82) is 0 Å². The molecule has 1 rings (SSSR count). The van der Waals surface area contributed by atoms with Crippen molar-refractivity contribution in [3.63, 3.8) is 0 Å². The number of likely N-dealkylation sites (N-methyl/N-ethyl adjacent to an activating group) is 2. The van der Waals surface area contributed by atoms with Crippen molar-refractivity contribution in [3.05, 3.63) is 41.3 Å². The normalized spacial score (nSPS) is 13.0. The van der Waals surface area contributed by atoms with E-state index in [0.717, 1.165) is 15.3 Å². The fraction of sp³-hybridized carbons (Fsp3) is 0.375. The first-order valence-corrected chi connectivity index (χ1v) is 9.03. The molecule has 2 N–H and O–H groups in total. The SMILES string of the molecule is CCNC(=O)[C@H](C)NC(=O)CN(C)S(=O)(=O)/C=C/c1ccccc1. The standard InChI is InChI=1S/C16H23N3O4S/c1-4-17-16(21)13(2)18-15(20)12-19(3)24(22,23)11-10-14-8-6-5-7-9-14/h5-11,13H,4,12H2,1-3H3,(H,17,21)(H,18,20)/b11-10+/t13-/m0/s1. The molecule has 24 heavy (non-hydrogen) atoms. The van der Waals surface area contributed by atoms with E-state index in [1.807, 2.05) is 6.07 Å². The molecule has 0 saturated carbocycles. The highest BCUT2D eigenvalue weighted by Gasteiger charge is 2.20. The summed E-state index contributed by atoms with van der Waals surface area (Å²) < 4.78 is 25.2. The molecule has 0 heterocycles.